The lowest BCUT2D eigenvalue weighted by molar-refractivity contribution is -0.870. The highest BCUT2D eigenvalue weighted by molar-refractivity contribution is 7.47. The van der Waals surface area contributed by atoms with Crippen LogP contribution in [0.4, 0.5) is 0 Å². The second-order valence-corrected chi connectivity index (χ2v) is 19.3. The van der Waals surface area contributed by atoms with Crippen LogP contribution in [-0.4, -0.2) is 73.4 Å². The molecule has 0 rings (SSSR count). The maximum absolute atomic E-state index is 12.9. The average Bonchev–Trinajstić information content (AvgIpc) is 3.20. The summed E-state index contributed by atoms with van der Waals surface area (Å²) in [5, 5.41) is 14.0. The molecule has 0 aliphatic carbocycles. The first-order valence-corrected chi connectivity index (χ1v) is 26.1. The molecule has 9 heteroatoms. The van der Waals surface area contributed by atoms with E-state index in [0.29, 0.717) is 23.9 Å². The van der Waals surface area contributed by atoms with Crippen LogP contribution in [0.5, 0.6) is 0 Å². The molecular weight excluding hydrogens is 768 g/mol. The van der Waals surface area contributed by atoms with Crippen molar-refractivity contribution < 1.29 is 32.9 Å². The average molecular weight is 864 g/mol. The van der Waals surface area contributed by atoms with E-state index in [1.54, 1.807) is 0 Å². The van der Waals surface area contributed by atoms with Crippen molar-refractivity contribution in [3.63, 3.8) is 0 Å². The van der Waals surface area contributed by atoms with E-state index in [2.05, 4.69) is 79.9 Å². The topological polar surface area (TPSA) is 105 Å². The number of allylic oxidation sites excluding steroid dienone is 10. The van der Waals surface area contributed by atoms with E-state index >= 15 is 0 Å². The van der Waals surface area contributed by atoms with Crippen LogP contribution >= 0.6 is 7.82 Å². The van der Waals surface area contributed by atoms with Gasteiger partial charge in [-0.2, -0.15) is 0 Å². The lowest BCUT2D eigenvalue weighted by Gasteiger charge is -2.26. The normalized spacial score (nSPS) is 14.7. The number of aliphatic hydroxyl groups excluding tert-OH is 1. The number of carbonyl (C=O) groups is 1. The summed E-state index contributed by atoms with van der Waals surface area (Å²) >= 11 is 0. The van der Waals surface area contributed by atoms with Crippen LogP contribution in [-0.2, 0) is 18.4 Å². The Morgan fingerprint density at radius 2 is 1.00 bits per heavy atom. The zero-order chi connectivity index (χ0) is 44.3. The van der Waals surface area contributed by atoms with Gasteiger partial charge in [0, 0.05) is 6.42 Å². The number of phosphoric acid groups is 1. The molecule has 0 spiro atoms. The van der Waals surface area contributed by atoms with Gasteiger partial charge in [0.25, 0.3) is 0 Å². The second-order valence-electron chi connectivity index (χ2n) is 17.8. The van der Waals surface area contributed by atoms with Crippen LogP contribution in [0.25, 0.3) is 0 Å². The van der Waals surface area contributed by atoms with Gasteiger partial charge < -0.3 is 19.8 Å². The fourth-order valence-corrected chi connectivity index (χ4v) is 7.63. The van der Waals surface area contributed by atoms with Gasteiger partial charge in [-0.05, 0) is 57.8 Å². The van der Waals surface area contributed by atoms with E-state index in [9.17, 15) is 19.4 Å². The van der Waals surface area contributed by atoms with Crippen molar-refractivity contribution in [2.75, 3.05) is 40.9 Å². The number of rotatable bonds is 44. The zero-order valence-electron chi connectivity index (χ0n) is 39.7. The van der Waals surface area contributed by atoms with Crippen molar-refractivity contribution in [1.29, 1.82) is 0 Å². The van der Waals surface area contributed by atoms with Gasteiger partial charge in [-0.1, -0.05) is 203 Å². The summed E-state index contributed by atoms with van der Waals surface area (Å²) in [4.78, 5) is 23.2. The van der Waals surface area contributed by atoms with E-state index in [1.807, 2.05) is 21.1 Å². The summed E-state index contributed by atoms with van der Waals surface area (Å²) in [5.41, 5.74) is 0. The molecule has 3 unspecified atom stereocenters. The van der Waals surface area contributed by atoms with Crippen LogP contribution in [0.1, 0.15) is 206 Å². The van der Waals surface area contributed by atoms with Crippen molar-refractivity contribution in [1.82, 2.24) is 5.32 Å². The molecule has 1 amide bonds. The Hall–Kier alpha value is -1.80. The molecule has 0 saturated carbocycles. The van der Waals surface area contributed by atoms with E-state index in [4.69, 9.17) is 9.05 Å². The van der Waals surface area contributed by atoms with Gasteiger partial charge in [-0.25, -0.2) is 4.57 Å². The van der Waals surface area contributed by atoms with E-state index in [-0.39, 0.29) is 19.1 Å². The van der Waals surface area contributed by atoms with Crippen molar-refractivity contribution in [3.8, 4) is 0 Å². The number of phosphoric ester groups is 1. The fraction of sp³-hybridized carbons (Fsp3) is 0.784. The van der Waals surface area contributed by atoms with Crippen LogP contribution in [0, 0.1) is 0 Å². The second kappa shape index (κ2) is 42.5. The minimum Gasteiger partial charge on any atom is -0.391 e. The summed E-state index contributed by atoms with van der Waals surface area (Å²) < 4.78 is 23.7. The van der Waals surface area contributed by atoms with Crippen molar-refractivity contribution in [3.05, 3.63) is 60.8 Å². The Labute approximate surface area is 371 Å². The van der Waals surface area contributed by atoms with Crippen molar-refractivity contribution in [2.45, 2.75) is 219 Å². The number of carbonyl (C=O) groups excluding carboxylic acids is 1. The summed E-state index contributed by atoms with van der Waals surface area (Å²) in [6.07, 6.45) is 55.3. The number of quaternary nitrogens is 1. The molecule has 8 nitrogen and oxygen atoms in total. The molecule has 3 atom stereocenters. The Kier molecular flexibility index (Phi) is 41.2. The van der Waals surface area contributed by atoms with Crippen LogP contribution in [0.2, 0.25) is 0 Å². The molecule has 0 saturated heterocycles. The van der Waals surface area contributed by atoms with Gasteiger partial charge in [-0.15, -0.1) is 0 Å². The highest BCUT2D eigenvalue weighted by Crippen LogP contribution is 2.43. The van der Waals surface area contributed by atoms with Crippen LogP contribution in [0.3, 0.4) is 0 Å². The number of aliphatic hydroxyl groups is 1. The first-order valence-electron chi connectivity index (χ1n) is 24.7. The lowest BCUT2D eigenvalue weighted by Crippen LogP contribution is -2.46. The third kappa shape index (κ3) is 44.3. The summed E-state index contributed by atoms with van der Waals surface area (Å²) in [6, 6.07) is -0.769. The standard InChI is InChI=1S/C51H95N2O6P/c1-6-8-10-12-14-16-18-20-22-23-24-25-26-27-28-29-31-33-35-37-39-41-43-45-51(55)52-49(48-59-60(56,57)58-47-46-53(3,4)5)50(54)44-42-40-38-36-34-32-30-21-19-17-15-13-11-9-7-2/h8,10,14,16,20,22,24-25,27-28,49-50,54H,6-7,9,11-13,15,17-19,21,23,26,29-48H2,1-5H3,(H-,52,55,56,57)/p+1/b10-8-,16-14-,22-20-,25-24-,28-27-. The van der Waals surface area contributed by atoms with E-state index in [0.717, 1.165) is 77.0 Å². The molecule has 350 valence electrons. The monoisotopic (exact) mass is 864 g/mol. The SMILES string of the molecule is CC/C=C\C/C=C\C/C=C\C/C=C\C/C=C\CCCCCCCCCC(=O)NC(COP(=O)(O)OCC[N+](C)(C)C)C(O)CCCCCCCCCCCCCCCCC. The first-order chi connectivity index (χ1) is 29.0. The minimum absolute atomic E-state index is 0.0697. The molecule has 0 aliphatic heterocycles. The molecule has 0 heterocycles. The van der Waals surface area contributed by atoms with Gasteiger partial charge in [0.05, 0.1) is 39.9 Å². The van der Waals surface area contributed by atoms with E-state index < -0.39 is 20.0 Å². The largest absolute Gasteiger partial charge is 0.472 e. The zero-order valence-corrected chi connectivity index (χ0v) is 40.6. The summed E-state index contributed by atoms with van der Waals surface area (Å²) in [6.45, 7) is 4.76. The lowest BCUT2D eigenvalue weighted by atomic mass is 10.0. The molecule has 60 heavy (non-hydrogen) atoms. The maximum atomic E-state index is 12.9. The third-order valence-corrected chi connectivity index (χ3v) is 11.8. The predicted octanol–water partition coefficient (Wildman–Crippen LogP) is 14.2. The molecule has 0 aromatic carbocycles. The molecule has 0 bridgehead atoms. The van der Waals surface area contributed by atoms with E-state index in [1.165, 1.54) is 103 Å². The number of hydrogen-bond acceptors (Lipinski definition) is 5. The number of unbranched alkanes of at least 4 members (excludes halogenated alkanes) is 21. The minimum atomic E-state index is -4.32. The predicted molar refractivity (Wildman–Crippen MR) is 258 cm³/mol. The van der Waals surface area contributed by atoms with Gasteiger partial charge in [-0.3, -0.25) is 13.8 Å². The first kappa shape index (κ1) is 58.2. The number of likely N-dealkylation sites (N-methyl/N-ethyl adjacent to an activating group) is 1. The van der Waals surface area contributed by atoms with Crippen molar-refractivity contribution in [2.24, 2.45) is 0 Å². The van der Waals surface area contributed by atoms with Crippen molar-refractivity contribution >= 4 is 13.7 Å². The van der Waals surface area contributed by atoms with Crippen LogP contribution in [0.15, 0.2) is 60.8 Å². The van der Waals surface area contributed by atoms with Crippen LogP contribution < -0.4 is 5.32 Å². The number of hydrogen-bond donors (Lipinski definition) is 3. The Morgan fingerprint density at radius 3 is 1.47 bits per heavy atom. The Morgan fingerprint density at radius 1 is 0.583 bits per heavy atom. The summed E-state index contributed by atoms with van der Waals surface area (Å²) in [5.74, 6) is -0.157. The number of amides is 1. The van der Waals surface area contributed by atoms with Gasteiger partial charge in [0.2, 0.25) is 5.91 Å². The quantitative estimate of drug-likeness (QED) is 0.0244. The fourth-order valence-electron chi connectivity index (χ4n) is 6.90. The molecule has 3 N–H and O–H groups in total. The Balaban J connectivity index is 4.31. The van der Waals surface area contributed by atoms with Gasteiger partial charge >= 0.3 is 7.82 Å². The molecule has 0 aromatic heterocycles. The molecular formula is C51H96N2O6P+. The molecule has 0 radical (unpaired) electrons. The summed E-state index contributed by atoms with van der Waals surface area (Å²) in [7, 11) is 1.60. The molecule has 0 aliphatic rings. The van der Waals surface area contributed by atoms with Gasteiger partial charge in [0.15, 0.2) is 0 Å². The Bertz CT molecular complexity index is 1160. The number of nitrogens with zero attached hydrogens (tertiary/aromatic N) is 1. The molecule has 0 fully saturated rings. The molecule has 0 aromatic rings. The smallest absolute Gasteiger partial charge is 0.391 e. The third-order valence-electron chi connectivity index (χ3n) is 10.8. The number of nitrogens with one attached hydrogen (secondary N) is 1. The highest BCUT2D eigenvalue weighted by Gasteiger charge is 2.28. The highest BCUT2D eigenvalue weighted by atomic mass is 31.2. The maximum Gasteiger partial charge on any atom is 0.472 e. The van der Waals surface area contributed by atoms with Gasteiger partial charge in [0.1, 0.15) is 13.2 Å².